The second kappa shape index (κ2) is 8.51. The summed E-state index contributed by atoms with van der Waals surface area (Å²) < 4.78 is 23.7. The summed E-state index contributed by atoms with van der Waals surface area (Å²) in [6.45, 7) is 0.570. The lowest BCUT2D eigenvalue weighted by Gasteiger charge is -2.09. The molecule has 0 aliphatic carbocycles. The topological polar surface area (TPSA) is 123 Å². The second-order valence-corrected chi connectivity index (χ2v) is 4.76. The molecule has 0 unspecified atom stereocenters. The molecule has 1 aromatic heterocycles. The van der Waals surface area contributed by atoms with Crippen molar-refractivity contribution in [1.29, 1.82) is 5.26 Å². The van der Waals surface area contributed by atoms with Crippen LogP contribution in [0.2, 0.25) is 0 Å². The van der Waals surface area contributed by atoms with E-state index < -0.39 is 10.7 Å². The van der Waals surface area contributed by atoms with Gasteiger partial charge in [-0.05, 0) is 17.7 Å². The first-order valence-electron chi connectivity index (χ1n) is 7.10. The molecule has 0 fully saturated rings. The Morgan fingerprint density at radius 3 is 2.88 bits per heavy atom. The van der Waals surface area contributed by atoms with Crippen molar-refractivity contribution in [3.05, 3.63) is 51.5 Å². The van der Waals surface area contributed by atoms with Gasteiger partial charge in [-0.1, -0.05) is 6.07 Å². The minimum atomic E-state index is -0.664. The third-order valence-corrected chi connectivity index (χ3v) is 3.08. The molecule has 0 radical (unpaired) electrons. The van der Waals surface area contributed by atoms with Gasteiger partial charge >= 0.3 is 11.7 Å². The second-order valence-electron chi connectivity index (χ2n) is 4.76. The van der Waals surface area contributed by atoms with Crippen LogP contribution in [0.25, 0.3) is 0 Å². The summed E-state index contributed by atoms with van der Waals surface area (Å²) in [7, 11) is 1.50. The van der Waals surface area contributed by atoms with Gasteiger partial charge in [0.25, 0.3) is 0 Å². The van der Waals surface area contributed by atoms with Crippen LogP contribution in [0, 0.1) is 27.3 Å². The molecule has 0 aliphatic heterocycles. The van der Waals surface area contributed by atoms with E-state index >= 15 is 0 Å². The van der Waals surface area contributed by atoms with E-state index in [1.54, 1.807) is 6.07 Å². The van der Waals surface area contributed by atoms with E-state index in [0.29, 0.717) is 12.2 Å². The Bertz CT molecular complexity index is 809. The molecule has 0 saturated heterocycles. The van der Waals surface area contributed by atoms with E-state index in [4.69, 9.17) is 14.7 Å². The van der Waals surface area contributed by atoms with Gasteiger partial charge in [-0.25, -0.2) is 4.39 Å². The summed E-state index contributed by atoms with van der Waals surface area (Å²) in [5.74, 6) is -0.722. The maximum Gasteiger partial charge on any atom is 0.329 e. The number of hydrogen-bond acceptors (Lipinski definition) is 8. The van der Waals surface area contributed by atoms with Crippen LogP contribution in [0.5, 0.6) is 6.01 Å². The zero-order chi connectivity index (χ0) is 18.2. The van der Waals surface area contributed by atoms with Crippen molar-refractivity contribution in [2.24, 2.45) is 0 Å². The first-order valence-corrected chi connectivity index (χ1v) is 7.10. The smallest absolute Gasteiger partial charge is 0.329 e. The minimum Gasteiger partial charge on any atom is -0.461 e. The first kappa shape index (κ1) is 18.0. The van der Waals surface area contributed by atoms with Gasteiger partial charge in [0.2, 0.25) is 5.82 Å². The monoisotopic (exact) mass is 347 g/mol. The highest BCUT2D eigenvalue weighted by atomic mass is 19.1. The first-order chi connectivity index (χ1) is 12.0. The van der Waals surface area contributed by atoms with E-state index in [0.717, 1.165) is 6.20 Å². The summed E-state index contributed by atoms with van der Waals surface area (Å²) in [6.07, 6.45) is 1.02. The van der Waals surface area contributed by atoms with Gasteiger partial charge in [0.15, 0.2) is 0 Å². The van der Waals surface area contributed by atoms with Gasteiger partial charge in [-0.2, -0.15) is 15.2 Å². The van der Waals surface area contributed by atoms with E-state index in [2.05, 4.69) is 15.3 Å². The third-order valence-electron chi connectivity index (χ3n) is 3.08. The van der Waals surface area contributed by atoms with E-state index in [-0.39, 0.29) is 36.2 Å². The zero-order valence-electron chi connectivity index (χ0n) is 13.2. The molecule has 25 heavy (non-hydrogen) atoms. The predicted octanol–water partition coefficient (Wildman–Crippen LogP) is 2.03. The minimum absolute atomic E-state index is 0.0452. The third kappa shape index (κ3) is 4.82. The molecule has 0 bridgehead atoms. The summed E-state index contributed by atoms with van der Waals surface area (Å²) in [5, 5.41) is 22.5. The van der Waals surface area contributed by atoms with Gasteiger partial charge in [0, 0.05) is 13.7 Å². The molecule has 2 aromatic rings. The van der Waals surface area contributed by atoms with E-state index in [1.807, 2.05) is 0 Å². The molecule has 0 atom stereocenters. The van der Waals surface area contributed by atoms with Crippen LogP contribution in [-0.4, -0.2) is 35.2 Å². The number of anilines is 1. The fourth-order valence-corrected chi connectivity index (χ4v) is 1.85. The molecular weight excluding hydrogens is 333 g/mol. The van der Waals surface area contributed by atoms with Crippen LogP contribution in [0.4, 0.5) is 15.9 Å². The predicted molar refractivity (Wildman–Crippen MR) is 84.5 cm³/mol. The van der Waals surface area contributed by atoms with Crippen LogP contribution in [0.15, 0.2) is 24.4 Å². The lowest BCUT2D eigenvalue weighted by molar-refractivity contribution is -0.384. The number of nitriles is 1. The highest BCUT2D eigenvalue weighted by molar-refractivity contribution is 5.55. The Morgan fingerprint density at radius 1 is 1.44 bits per heavy atom. The number of methoxy groups -OCH3 is 1. The largest absolute Gasteiger partial charge is 0.461 e. The molecule has 1 heterocycles. The fourth-order valence-electron chi connectivity index (χ4n) is 1.85. The number of nitrogens with zero attached hydrogens (tertiary/aromatic N) is 4. The Hall–Kier alpha value is -3.32. The van der Waals surface area contributed by atoms with Crippen molar-refractivity contribution in [3.63, 3.8) is 0 Å². The van der Waals surface area contributed by atoms with Crippen molar-refractivity contribution >= 4 is 11.5 Å². The zero-order valence-corrected chi connectivity index (χ0v) is 13.2. The van der Waals surface area contributed by atoms with Crippen molar-refractivity contribution in [2.45, 2.75) is 6.54 Å². The number of hydrogen-bond donors (Lipinski definition) is 1. The molecule has 130 valence electrons. The average molecular weight is 347 g/mol. The molecule has 0 amide bonds. The molecule has 2 rings (SSSR count). The van der Waals surface area contributed by atoms with Crippen molar-refractivity contribution in [2.75, 3.05) is 25.6 Å². The highest BCUT2D eigenvalue weighted by Crippen LogP contribution is 2.23. The van der Waals surface area contributed by atoms with Gasteiger partial charge in [0.1, 0.15) is 24.7 Å². The molecule has 0 aliphatic rings. The van der Waals surface area contributed by atoms with Crippen LogP contribution in [-0.2, 0) is 11.3 Å². The maximum atomic E-state index is 13.6. The quantitative estimate of drug-likeness (QED) is 0.437. The van der Waals surface area contributed by atoms with E-state index in [1.165, 1.54) is 25.3 Å². The Balaban J connectivity index is 2.15. The lowest BCUT2D eigenvalue weighted by atomic mass is 10.1. The molecule has 1 aromatic carbocycles. The molecule has 10 heteroatoms. The Labute approximate surface area is 142 Å². The summed E-state index contributed by atoms with van der Waals surface area (Å²) >= 11 is 0. The number of rotatable bonds is 8. The summed E-state index contributed by atoms with van der Waals surface area (Å²) in [4.78, 5) is 18.1. The van der Waals surface area contributed by atoms with Gasteiger partial charge in [0.05, 0.1) is 17.1 Å². The van der Waals surface area contributed by atoms with Crippen molar-refractivity contribution < 1.29 is 18.8 Å². The number of nitro groups is 1. The molecule has 0 saturated carbocycles. The number of nitrogens with one attached hydrogen (secondary N) is 1. The van der Waals surface area contributed by atoms with Crippen LogP contribution >= 0.6 is 0 Å². The Morgan fingerprint density at radius 2 is 2.24 bits per heavy atom. The fraction of sp³-hybridized carbons (Fsp3) is 0.267. The van der Waals surface area contributed by atoms with Gasteiger partial charge in [-0.15, -0.1) is 0 Å². The van der Waals surface area contributed by atoms with Crippen LogP contribution in [0.1, 0.15) is 11.1 Å². The van der Waals surface area contributed by atoms with E-state index in [9.17, 15) is 14.5 Å². The van der Waals surface area contributed by atoms with Gasteiger partial charge in [-0.3, -0.25) is 10.1 Å². The standard InChI is InChI=1S/C15H14FN5O4/c1-24-4-5-25-15-19-9-13(21(22)23)14(20-15)18-8-10-2-3-11(7-17)12(16)6-10/h2-3,6,9H,4-5,8H2,1H3,(H,18,19,20). The summed E-state index contributed by atoms with van der Waals surface area (Å²) in [6, 6.07) is 5.72. The van der Waals surface area contributed by atoms with Crippen LogP contribution in [0.3, 0.4) is 0 Å². The Kier molecular flexibility index (Phi) is 6.14. The molecule has 9 nitrogen and oxygen atoms in total. The molecule has 0 spiro atoms. The van der Waals surface area contributed by atoms with Crippen LogP contribution < -0.4 is 10.1 Å². The maximum absolute atomic E-state index is 13.6. The van der Waals surface area contributed by atoms with Crippen molar-refractivity contribution in [1.82, 2.24) is 9.97 Å². The number of halogens is 1. The number of benzene rings is 1. The highest BCUT2D eigenvalue weighted by Gasteiger charge is 2.18. The normalized spacial score (nSPS) is 10.1. The van der Waals surface area contributed by atoms with Gasteiger partial charge < -0.3 is 14.8 Å². The summed E-state index contributed by atoms with van der Waals surface area (Å²) in [5.41, 5.74) is 0.0741. The van der Waals surface area contributed by atoms with Crippen molar-refractivity contribution in [3.8, 4) is 12.1 Å². The lowest BCUT2D eigenvalue weighted by Crippen LogP contribution is -2.10. The number of aromatic nitrogens is 2. The average Bonchev–Trinajstić information content (AvgIpc) is 2.60. The number of ether oxygens (including phenoxy) is 2. The SMILES string of the molecule is COCCOc1ncc([N+](=O)[O-])c(NCc2ccc(C#N)c(F)c2)n1. The molecule has 1 N–H and O–H groups in total. The molecular formula is C15H14FN5O4.